The second-order valence-corrected chi connectivity index (χ2v) is 17.1. The Bertz CT molecular complexity index is 3860. The molecule has 0 aliphatic rings. The molecule has 6 aromatic carbocycles. The normalized spacial score (nSPS) is 15.7. The van der Waals surface area contributed by atoms with E-state index in [1.807, 2.05) is 91.0 Å². The lowest BCUT2D eigenvalue weighted by Crippen LogP contribution is -2.10. The SMILES string of the molecule is [2H]c1cc2c(oc3c(-c4ccc(C([2H])([2H])C([2H])([2H])c5cc(C([2H])([2H])C([2H])([2H])c6ccc(-c7ccccc7)nc6)cc(C([2H])([2H])C([2H])([2H])c6ccc(-c7ccccc7)nc6)c5)cn4)cccc32)c(-c2ccc(C(C)(C)C)cc2)c1C#N. The van der Waals surface area contributed by atoms with Gasteiger partial charge in [0.2, 0.25) is 0 Å². The zero-order chi connectivity index (χ0) is 57.4. The fraction of sp³-hybridized carbons (Fsp3) is 0.161. The highest BCUT2D eigenvalue weighted by molar-refractivity contribution is 6.13. The summed E-state index contributed by atoms with van der Waals surface area (Å²) in [6.07, 6.45) is -14.7. The van der Waals surface area contributed by atoms with E-state index in [4.69, 9.17) is 5.79 Å². The third kappa shape index (κ3) is 9.57. The van der Waals surface area contributed by atoms with Crippen LogP contribution in [0.1, 0.15) is 83.1 Å². The molecule has 0 unspecified atom stereocenters. The molecule has 4 heterocycles. The Hall–Kier alpha value is -7.94. The van der Waals surface area contributed by atoms with Gasteiger partial charge in [0.05, 0.1) is 30.1 Å². The van der Waals surface area contributed by atoms with Crippen LogP contribution in [0.15, 0.2) is 193 Å². The summed E-state index contributed by atoms with van der Waals surface area (Å²) in [6.45, 7) is 6.30. The van der Waals surface area contributed by atoms with Gasteiger partial charge in [-0.3, -0.25) is 15.0 Å². The molecule has 0 N–H and O–H groups in total. The van der Waals surface area contributed by atoms with Gasteiger partial charge in [-0.2, -0.15) is 5.26 Å². The minimum Gasteiger partial charge on any atom is -0.455 e. The van der Waals surface area contributed by atoms with Crippen LogP contribution < -0.4 is 0 Å². The minimum absolute atomic E-state index is 0.0154. The first-order valence-electron chi connectivity index (χ1n) is 28.4. The fourth-order valence-electron chi connectivity index (χ4n) is 7.90. The van der Waals surface area contributed by atoms with Gasteiger partial charge in [-0.15, -0.1) is 0 Å². The Morgan fingerprint density at radius 3 is 1.43 bits per heavy atom. The van der Waals surface area contributed by atoms with Crippen LogP contribution in [0.2, 0.25) is 0 Å². The number of rotatable bonds is 13. The number of nitrogens with zero attached hydrogens (tertiary/aromatic N) is 4. The maximum Gasteiger partial charge on any atom is 0.144 e. The first-order valence-corrected chi connectivity index (χ1v) is 21.9. The van der Waals surface area contributed by atoms with Crippen molar-refractivity contribution >= 4 is 21.9 Å². The molecule has 0 aliphatic carbocycles. The lowest BCUT2D eigenvalue weighted by molar-refractivity contribution is 0.590. The first-order chi connectivity index (χ1) is 37.7. The predicted molar refractivity (Wildman–Crippen MR) is 274 cm³/mol. The highest BCUT2D eigenvalue weighted by atomic mass is 16.3. The van der Waals surface area contributed by atoms with Crippen LogP contribution in [-0.4, -0.2) is 15.0 Å². The standard InChI is InChI=1S/C62H52N4O/c1-62(2,3)52-29-26-50(27-30-52)59-51(38-63)28-31-54-53-15-10-16-55(60(53)67-61(54)59)58-34-25-44(41-66-58)19-22-47-36-45(20-17-42-23-32-56(64-39-42)48-11-6-4-7-12-48)35-46(37-47)21-18-43-24-33-57(65-40-43)49-13-8-5-9-14-49/h4-16,23-37,39-41H,17-22H2,1-3H3/i17D2,18D2,19D2,20D2,21D2,22D2,28D. The van der Waals surface area contributed by atoms with Crippen LogP contribution in [0.3, 0.4) is 0 Å². The average molecular weight is 882 g/mol. The van der Waals surface area contributed by atoms with Gasteiger partial charge < -0.3 is 4.42 Å². The van der Waals surface area contributed by atoms with E-state index < -0.39 is 54.9 Å². The van der Waals surface area contributed by atoms with Gasteiger partial charge in [-0.1, -0.05) is 154 Å². The van der Waals surface area contributed by atoms with E-state index in [0.717, 1.165) is 41.1 Å². The van der Waals surface area contributed by atoms with Crippen LogP contribution in [-0.2, 0) is 43.7 Å². The number of aromatic nitrogens is 3. The van der Waals surface area contributed by atoms with Crippen molar-refractivity contribution in [3.8, 4) is 51.0 Å². The number of para-hydroxylation sites is 1. The molecule has 0 saturated carbocycles. The highest BCUT2D eigenvalue weighted by Gasteiger charge is 2.20. The van der Waals surface area contributed by atoms with Gasteiger partial charge in [0.25, 0.3) is 0 Å². The number of furan rings is 1. The first kappa shape index (κ1) is 30.3. The zero-order valence-electron chi connectivity index (χ0n) is 50.0. The van der Waals surface area contributed by atoms with Crippen LogP contribution in [0, 0.1) is 11.3 Å². The molecule has 10 aromatic rings. The molecule has 5 nitrogen and oxygen atoms in total. The van der Waals surface area contributed by atoms with Crippen molar-refractivity contribution in [2.75, 3.05) is 0 Å². The second-order valence-electron chi connectivity index (χ2n) is 17.1. The van der Waals surface area contributed by atoms with Gasteiger partial charge in [0.1, 0.15) is 11.2 Å². The number of aryl methyl sites for hydroxylation is 6. The predicted octanol–water partition coefficient (Wildman–Crippen LogP) is 15.0. The van der Waals surface area contributed by atoms with Crippen molar-refractivity contribution in [1.29, 1.82) is 5.26 Å². The number of pyridine rings is 3. The van der Waals surface area contributed by atoms with E-state index in [0.29, 0.717) is 55.7 Å². The maximum atomic E-state index is 10.3. The average Bonchev–Trinajstić information content (AvgIpc) is 3.83. The second kappa shape index (κ2) is 18.9. The molecule has 67 heavy (non-hydrogen) atoms. The lowest BCUT2D eigenvalue weighted by Gasteiger charge is -2.19. The topological polar surface area (TPSA) is 75.6 Å². The number of hydrogen-bond acceptors (Lipinski definition) is 5. The monoisotopic (exact) mass is 881 g/mol. The van der Waals surface area contributed by atoms with E-state index in [-0.39, 0.29) is 33.7 Å². The summed E-state index contributed by atoms with van der Waals surface area (Å²) in [5, 5.41) is 11.5. The lowest BCUT2D eigenvalue weighted by atomic mass is 9.86. The molecule has 0 spiro atoms. The molecule has 0 fully saturated rings. The van der Waals surface area contributed by atoms with E-state index in [1.54, 1.807) is 18.2 Å². The van der Waals surface area contributed by atoms with Crippen LogP contribution in [0.5, 0.6) is 0 Å². The molecule has 4 aromatic heterocycles. The molecule has 10 rings (SSSR count). The molecular weight excluding hydrogens is 817 g/mol. The van der Waals surface area contributed by atoms with Crippen molar-refractivity contribution in [2.45, 2.75) is 64.4 Å². The Labute approximate surface area is 411 Å². The fourth-order valence-corrected chi connectivity index (χ4v) is 7.90. The summed E-state index contributed by atoms with van der Waals surface area (Å²) in [5.41, 5.74) is 3.82. The Morgan fingerprint density at radius 2 is 0.970 bits per heavy atom. The molecule has 0 saturated heterocycles. The summed E-state index contributed by atoms with van der Waals surface area (Å²) in [4.78, 5) is 13.4. The summed E-state index contributed by atoms with van der Waals surface area (Å²) >= 11 is 0. The summed E-state index contributed by atoms with van der Waals surface area (Å²) in [5.74, 6) is 0. The Balaban J connectivity index is 1.05. The molecular formula is C62H52N4O. The van der Waals surface area contributed by atoms with Gasteiger partial charge in [0, 0.05) is 68.1 Å². The van der Waals surface area contributed by atoms with Gasteiger partial charge in [0.15, 0.2) is 0 Å². The molecule has 5 heteroatoms. The number of benzene rings is 6. The van der Waals surface area contributed by atoms with Crippen molar-refractivity contribution in [2.24, 2.45) is 0 Å². The molecule has 0 bridgehead atoms. The number of fused-ring (bicyclic) bond motifs is 3. The van der Waals surface area contributed by atoms with E-state index in [1.165, 1.54) is 48.8 Å². The van der Waals surface area contributed by atoms with Crippen molar-refractivity contribution < 1.29 is 22.2 Å². The van der Waals surface area contributed by atoms with E-state index in [2.05, 4.69) is 41.8 Å². The third-order valence-corrected chi connectivity index (χ3v) is 11.4. The molecule has 0 atom stereocenters. The minimum atomic E-state index is -3.16. The molecule has 326 valence electrons. The van der Waals surface area contributed by atoms with Crippen LogP contribution >= 0.6 is 0 Å². The highest BCUT2D eigenvalue weighted by Crippen LogP contribution is 2.41. The van der Waals surface area contributed by atoms with Gasteiger partial charge >= 0.3 is 0 Å². The number of nitriles is 1. The summed E-state index contributed by atoms with van der Waals surface area (Å²) in [7, 11) is 0. The number of hydrogen-bond donors (Lipinski definition) is 0. The quantitative estimate of drug-likeness (QED) is 0.115. The van der Waals surface area contributed by atoms with Crippen LogP contribution in [0.4, 0.5) is 0 Å². The van der Waals surface area contributed by atoms with Crippen molar-refractivity contribution in [3.05, 3.63) is 233 Å². The third-order valence-electron chi connectivity index (χ3n) is 11.4. The maximum absolute atomic E-state index is 10.3. The summed E-state index contributed by atoms with van der Waals surface area (Å²) < 4.78 is 129. The van der Waals surface area contributed by atoms with E-state index >= 15 is 0 Å². The molecule has 0 amide bonds. The summed E-state index contributed by atoms with van der Waals surface area (Å²) in [6, 6.07) is 46.7. The van der Waals surface area contributed by atoms with Crippen molar-refractivity contribution in [1.82, 2.24) is 15.0 Å². The Morgan fingerprint density at radius 1 is 0.493 bits per heavy atom. The van der Waals surface area contributed by atoms with Gasteiger partial charge in [-0.05, 0) is 125 Å². The van der Waals surface area contributed by atoms with Crippen molar-refractivity contribution in [3.63, 3.8) is 0 Å². The smallest absolute Gasteiger partial charge is 0.144 e. The Kier molecular flexibility index (Phi) is 8.54. The van der Waals surface area contributed by atoms with Crippen LogP contribution in [0.25, 0.3) is 66.8 Å². The zero-order valence-corrected chi connectivity index (χ0v) is 37.0. The largest absolute Gasteiger partial charge is 0.455 e. The van der Waals surface area contributed by atoms with E-state index in [9.17, 15) is 21.7 Å². The van der Waals surface area contributed by atoms with Gasteiger partial charge in [-0.25, -0.2) is 0 Å². The molecule has 0 radical (unpaired) electrons. The molecule has 0 aliphatic heterocycles.